The molecular weight excluding hydrogens is 368 g/mol. The summed E-state index contributed by atoms with van der Waals surface area (Å²) < 4.78 is 1.10. The van der Waals surface area contributed by atoms with Gasteiger partial charge in [0.05, 0.1) is 6.54 Å². The van der Waals surface area contributed by atoms with Crippen molar-refractivity contribution in [3.63, 3.8) is 0 Å². The van der Waals surface area contributed by atoms with Crippen LogP contribution in [-0.4, -0.2) is 53.6 Å². The molecule has 1 saturated heterocycles. The number of hydrogen-bond acceptors (Lipinski definition) is 3. The van der Waals surface area contributed by atoms with E-state index < -0.39 is 5.97 Å². The summed E-state index contributed by atoms with van der Waals surface area (Å²) in [6.07, 6.45) is 2.00. The van der Waals surface area contributed by atoms with Crippen LogP contribution in [0.3, 0.4) is 0 Å². The van der Waals surface area contributed by atoms with Crippen LogP contribution in [-0.2, 0) is 11.3 Å². The lowest BCUT2D eigenvalue weighted by atomic mass is 10.0. The van der Waals surface area contributed by atoms with Gasteiger partial charge in [-0.15, -0.1) is 0 Å². The summed E-state index contributed by atoms with van der Waals surface area (Å²) >= 11 is 9.83. The number of piperidine rings is 1. The molecule has 6 heteroatoms. The van der Waals surface area contributed by atoms with E-state index in [-0.39, 0.29) is 6.54 Å². The summed E-state index contributed by atoms with van der Waals surface area (Å²) in [5.41, 5.74) is 2.28. The van der Waals surface area contributed by atoms with Crippen molar-refractivity contribution in [1.29, 1.82) is 0 Å². The fourth-order valence-electron chi connectivity index (χ4n) is 2.91. The zero-order valence-electron chi connectivity index (χ0n) is 13.0. The topological polar surface area (TPSA) is 43.8 Å². The highest BCUT2D eigenvalue weighted by Crippen LogP contribution is 2.27. The highest BCUT2D eigenvalue weighted by molar-refractivity contribution is 9.10. The van der Waals surface area contributed by atoms with Gasteiger partial charge in [0.2, 0.25) is 0 Å². The van der Waals surface area contributed by atoms with Gasteiger partial charge in [-0.3, -0.25) is 14.6 Å². The highest BCUT2D eigenvalue weighted by Gasteiger charge is 2.24. The normalized spacial score (nSPS) is 17.1. The van der Waals surface area contributed by atoms with Crippen LogP contribution in [0.15, 0.2) is 16.6 Å². The smallest absolute Gasteiger partial charge is 0.317 e. The molecule has 1 aliphatic rings. The summed E-state index contributed by atoms with van der Waals surface area (Å²) in [5, 5.41) is 9.67. The van der Waals surface area contributed by atoms with Crippen molar-refractivity contribution in [3.05, 3.63) is 32.8 Å². The Balaban J connectivity index is 1.90. The lowest BCUT2D eigenvalue weighted by Crippen LogP contribution is -2.44. The Kier molecular flexibility index (Phi) is 6.26. The van der Waals surface area contributed by atoms with E-state index in [4.69, 9.17) is 16.7 Å². The average molecular weight is 390 g/mol. The Labute approximate surface area is 145 Å². The van der Waals surface area contributed by atoms with Gasteiger partial charge in [0, 0.05) is 22.1 Å². The third-order valence-electron chi connectivity index (χ3n) is 4.29. The van der Waals surface area contributed by atoms with Gasteiger partial charge in [0.15, 0.2) is 0 Å². The predicted octanol–water partition coefficient (Wildman–Crippen LogP) is 3.39. The van der Waals surface area contributed by atoms with Gasteiger partial charge in [0.1, 0.15) is 0 Å². The number of likely N-dealkylation sites (N-methyl/N-ethyl adjacent to an activating group) is 1. The first-order chi connectivity index (χ1) is 10.4. The van der Waals surface area contributed by atoms with Crippen molar-refractivity contribution in [2.45, 2.75) is 32.4 Å². The van der Waals surface area contributed by atoms with Crippen molar-refractivity contribution in [2.75, 3.05) is 26.7 Å². The number of halogens is 2. The van der Waals surface area contributed by atoms with Crippen LogP contribution in [0.1, 0.15) is 24.0 Å². The highest BCUT2D eigenvalue weighted by atomic mass is 79.9. The van der Waals surface area contributed by atoms with Gasteiger partial charge >= 0.3 is 5.97 Å². The molecule has 0 amide bonds. The number of rotatable bonds is 5. The van der Waals surface area contributed by atoms with E-state index in [1.807, 2.05) is 24.9 Å². The van der Waals surface area contributed by atoms with Crippen LogP contribution in [0.4, 0.5) is 0 Å². The number of likely N-dealkylation sites (tertiary alicyclic amines) is 1. The van der Waals surface area contributed by atoms with Gasteiger partial charge < -0.3 is 5.11 Å². The van der Waals surface area contributed by atoms with Gasteiger partial charge in [-0.1, -0.05) is 27.5 Å². The van der Waals surface area contributed by atoms with E-state index >= 15 is 0 Å². The Hall–Kier alpha value is -0.620. The molecule has 2 rings (SSSR count). The minimum Gasteiger partial charge on any atom is -0.480 e. The van der Waals surface area contributed by atoms with Crippen LogP contribution >= 0.6 is 27.5 Å². The minimum atomic E-state index is -0.761. The molecular formula is C16H22BrClN2O2. The lowest BCUT2D eigenvalue weighted by Gasteiger charge is -2.36. The van der Waals surface area contributed by atoms with E-state index in [9.17, 15) is 4.79 Å². The summed E-state index contributed by atoms with van der Waals surface area (Å²) in [6, 6.07) is 4.45. The van der Waals surface area contributed by atoms with Gasteiger partial charge in [-0.2, -0.15) is 0 Å². The molecule has 1 aliphatic heterocycles. The fraction of sp³-hybridized carbons (Fsp3) is 0.562. The molecule has 0 unspecified atom stereocenters. The molecule has 0 aromatic heterocycles. The van der Waals surface area contributed by atoms with Crippen molar-refractivity contribution in [2.24, 2.45) is 0 Å². The molecule has 1 N–H and O–H groups in total. The predicted molar refractivity (Wildman–Crippen MR) is 92.5 cm³/mol. The number of carboxylic acid groups (broad SMARTS) is 1. The third kappa shape index (κ3) is 4.69. The number of carbonyl (C=O) groups is 1. The summed E-state index contributed by atoms with van der Waals surface area (Å²) in [6.45, 7) is 4.94. The van der Waals surface area contributed by atoms with Crippen LogP contribution in [0.25, 0.3) is 0 Å². The number of nitrogens with zero attached hydrogens (tertiary/aromatic N) is 2. The van der Waals surface area contributed by atoms with Crippen molar-refractivity contribution in [3.8, 4) is 0 Å². The first-order valence-electron chi connectivity index (χ1n) is 7.45. The molecule has 1 fully saturated rings. The molecule has 4 nitrogen and oxygen atoms in total. The molecule has 0 saturated carbocycles. The van der Waals surface area contributed by atoms with E-state index in [1.54, 1.807) is 0 Å². The molecule has 1 heterocycles. The second-order valence-corrected chi connectivity index (χ2v) is 7.27. The average Bonchev–Trinajstić information content (AvgIpc) is 2.44. The molecule has 0 radical (unpaired) electrons. The molecule has 122 valence electrons. The fourth-order valence-corrected chi connectivity index (χ4v) is 3.68. The summed E-state index contributed by atoms with van der Waals surface area (Å²) in [7, 11) is 1.89. The number of hydrogen-bond donors (Lipinski definition) is 1. The number of carboxylic acids is 1. The van der Waals surface area contributed by atoms with E-state index in [2.05, 4.69) is 26.9 Å². The maximum absolute atomic E-state index is 10.8. The molecule has 0 bridgehead atoms. The van der Waals surface area contributed by atoms with Crippen molar-refractivity contribution in [1.82, 2.24) is 9.80 Å². The zero-order chi connectivity index (χ0) is 16.3. The second-order valence-electron chi connectivity index (χ2n) is 6.01. The summed E-state index contributed by atoms with van der Waals surface area (Å²) in [4.78, 5) is 15.1. The monoisotopic (exact) mass is 388 g/mol. The molecule has 0 spiro atoms. The van der Waals surface area contributed by atoms with E-state index in [0.29, 0.717) is 6.04 Å². The summed E-state index contributed by atoms with van der Waals surface area (Å²) in [5.74, 6) is -0.761. The molecule has 1 aromatic carbocycles. The van der Waals surface area contributed by atoms with E-state index in [1.165, 1.54) is 5.56 Å². The molecule has 1 aromatic rings. The largest absolute Gasteiger partial charge is 0.480 e. The molecule has 0 aliphatic carbocycles. The minimum absolute atomic E-state index is 0.115. The maximum Gasteiger partial charge on any atom is 0.317 e. The Morgan fingerprint density at radius 1 is 1.45 bits per heavy atom. The van der Waals surface area contributed by atoms with Gasteiger partial charge in [-0.25, -0.2) is 0 Å². The lowest BCUT2D eigenvalue weighted by molar-refractivity contribution is -0.138. The first-order valence-corrected chi connectivity index (χ1v) is 8.63. The quantitative estimate of drug-likeness (QED) is 0.838. The van der Waals surface area contributed by atoms with Crippen LogP contribution < -0.4 is 0 Å². The molecule has 22 heavy (non-hydrogen) atoms. The number of benzene rings is 1. The first kappa shape index (κ1) is 17.7. The van der Waals surface area contributed by atoms with E-state index in [0.717, 1.165) is 47.5 Å². The standard InChI is InChI=1S/C16H22BrClN2O2/c1-11-7-14(17)12(8-15(11)18)9-20-5-3-13(4-6-20)19(2)10-16(21)22/h7-8,13H,3-6,9-10H2,1-2H3,(H,21,22). The van der Waals surface area contributed by atoms with Gasteiger partial charge in [-0.05, 0) is 63.2 Å². The van der Waals surface area contributed by atoms with Crippen molar-refractivity contribution < 1.29 is 9.90 Å². The van der Waals surface area contributed by atoms with Crippen molar-refractivity contribution >= 4 is 33.5 Å². The Morgan fingerprint density at radius 2 is 2.09 bits per heavy atom. The maximum atomic E-state index is 10.8. The number of aliphatic carboxylic acids is 1. The van der Waals surface area contributed by atoms with Crippen LogP contribution in [0.5, 0.6) is 0 Å². The Bertz CT molecular complexity index is 545. The second kappa shape index (κ2) is 7.77. The van der Waals surface area contributed by atoms with Crippen LogP contribution in [0, 0.1) is 6.92 Å². The number of aryl methyl sites for hydroxylation is 1. The van der Waals surface area contributed by atoms with Gasteiger partial charge in [0.25, 0.3) is 0 Å². The van der Waals surface area contributed by atoms with Crippen LogP contribution in [0.2, 0.25) is 5.02 Å². The SMILES string of the molecule is Cc1cc(Br)c(CN2CCC(N(C)CC(=O)O)CC2)cc1Cl. The zero-order valence-corrected chi connectivity index (χ0v) is 15.3. The third-order valence-corrected chi connectivity index (χ3v) is 5.43. The molecule has 0 atom stereocenters. The Morgan fingerprint density at radius 3 is 2.68 bits per heavy atom.